The van der Waals surface area contributed by atoms with Crippen LogP contribution < -0.4 is 11.1 Å². The lowest BCUT2D eigenvalue weighted by Gasteiger charge is -2.47. The van der Waals surface area contributed by atoms with Gasteiger partial charge in [0.1, 0.15) is 11.5 Å². The molecule has 0 radical (unpaired) electrons. The molecule has 1 saturated carbocycles. The molecule has 33 heavy (non-hydrogen) atoms. The standard InChI is InChI=1S/C25H28BrCl2N3O2/c1-31(19-3-2-12-30-15-19,22(23(29)32)13-16-4-6-17(26)7-5-16)24(33)25(10-11-25)20-9-8-18(27)14-21(20)28/h4-9,14,19,22,30H,2-3,10-13,15H2,1H3,(H-,29,32)/p+1/t19-,22+,31?/m1/s1. The van der Waals surface area contributed by atoms with Crippen molar-refractivity contribution in [3.63, 3.8) is 0 Å². The van der Waals surface area contributed by atoms with Crippen LogP contribution in [0.15, 0.2) is 46.9 Å². The van der Waals surface area contributed by atoms with Gasteiger partial charge in [0.2, 0.25) is 0 Å². The smallest absolute Gasteiger partial charge is 0.325 e. The molecule has 2 fully saturated rings. The number of quaternary nitrogens is 1. The number of carbonyl (C=O) groups is 2. The van der Waals surface area contributed by atoms with Gasteiger partial charge in [-0.15, -0.1) is 0 Å². The summed E-state index contributed by atoms with van der Waals surface area (Å²) in [5, 5.41) is 4.45. The molecule has 2 aromatic rings. The van der Waals surface area contributed by atoms with Gasteiger partial charge in [-0.3, -0.25) is 4.79 Å². The van der Waals surface area contributed by atoms with Crippen molar-refractivity contribution in [2.45, 2.75) is 49.6 Å². The zero-order chi connectivity index (χ0) is 23.8. The quantitative estimate of drug-likeness (QED) is 0.492. The lowest BCUT2D eigenvalue weighted by molar-refractivity contribution is -0.877. The predicted octanol–water partition coefficient (Wildman–Crippen LogP) is 4.61. The molecular formula is C25H29BrCl2N3O2+. The Kier molecular flexibility index (Phi) is 7.23. The monoisotopic (exact) mass is 552 g/mol. The van der Waals surface area contributed by atoms with Gasteiger partial charge in [-0.25, -0.2) is 9.28 Å². The van der Waals surface area contributed by atoms with Crippen LogP contribution in [0.1, 0.15) is 36.8 Å². The van der Waals surface area contributed by atoms with Crippen molar-refractivity contribution in [3.05, 3.63) is 68.1 Å². The molecule has 1 aliphatic carbocycles. The van der Waals surface area contributed by atoms with E-state index in [1.807, 2.05) is 37.4 Å². The van der Waals surface area contributed by atoms with Crippen LogP contribution in [0.5, 0.6) is 0 Å². The molecule has 0 bridgehead atoms. The second-order valence-corrected chi connectivity index (χ2v) is 11.2. The van der Waals surface area contributed by atoms with Crippen LogP contribution in [0.2, 0.25) is 10.0 Å². The molecule has 0 aromatic heterocycles. The number of benzene rings is 2. The molecule has 1 unspecified atom stereocenters. The lowest BCUT2D eigenvalue weighted by atomic mass is 9.88. The average Bonchev–Trinajstić information content (AvgIpc) is 3.59. The zero-order valence-corrected chi connectivity index (χ0v) is 21.7. The van der Waals surface area contributed by atoms with Crippen molar-refractivity contribution in [2.24, 2.45) is 5.73 Å². The Bertz CT molecular complexity index is 1050. The van der Waals surface area contributed by atoms with E-state index in [4.69, 9.17) is 28.9 Å². The highest BCUT2D eigenvalue weighted by Gasteiger charge is 2.64. The predicted molar refractivity (Wildman–Crippen MR) is 135 cm³/mol. The molecule has 1 aliphatic heterocycles. The fourth-order valence-corrected chi connectivity index (χ4v) is 6.17. The van der Waals surface area contributed by atoms with Gasteiger partial charge in [-0.2, -0.15) is 0 Å². The molecule has 1 heterocycles. The SMILES string of the molecule is C[N+](C(=O)C1(c2ccc(Cl)cc2Cl)CC1)([C@@H]1CCCNC1)[C@@H](Cc1ccc(Br)cc1)C(N)=O. The van der Waals surface area contributed by atoms with Crippen molar-refractivity contribution in [1.82, 2.24) is 5.32 Å². The Labute approximate surface area is 213 Å². The highest BCUT2D eigenvalue weighted by atomic mass is 79.9. The van der Waals surface area contributed by atoms with Crippen LogP contribution in [-0.4, -0.2) is 48.5 Å². The molecule has 2 aromatic carbocycles. The summed E-state index contributed by atoms with van der Waals surface area (Å²) in [6.07, 6.45) is 3.59. The van der Waals surface area contributed by atoms with Crippen LogP contribution >= 0.6 is 39.1 Å². The van der Waals surface area contributed by atoms with Crippen LogP contribution in [0, 0.1) is 0 Å². The number of nitrogens with two attached hydrogens (primary N) is 1. The first-order valence-electron chi connectivity index (χ1n) is 11.3. The Morgan fingerprint density at radius 2 is 1.91 bits per heavy atom. The van der Waals surface area contributed by atoms with Crippen LogP contribution in [0.4, 0.5) is 0 Å². The van der Waals surface area contributed by atoms with Gasteiger partial charge in [0, 0.05) is 33.9 Å². The average molecular weight is 554 g/mol. The molecule has 1 saturated heterocycles. The van der Waals surface area contributed by atoms with Crippen molar-refractivity contribution >= 4 is 50.9 Å². The molecule has 5 nitrogen and oxygen atoms in total. The zero-order valence-electron chi connectivity index (χ0n) is 18.6. The maximum Gasteiger partial charge on any atom is 0.325 e. The van der Waals surface area contributed by atoms with E-state index >= 15 is 0 Å². The maximum absolute atomic E-state index is 14.5. The van der Waals surface area contributed by atoms with E-state index in [-0.39, 0.29) is 16.4 Å². The molecule has 3 N–H and O–H groups in total. The van der Waals surface area contributed by atoms with Gasteiger partial charge in [-0.1, -0.05) is 57.3 Å². The highest BCUT2D eigenvalue weighted by Crippen LogP contribution is 2.54. The van der Waals surface area contributed by atoms with Crippen molar-refractivity contribution in [2.75, 3.05) is 20.1 Å². The van der Waals surface area contributed by atoms with Gasteiger partial charge in [0.25, 0.3) is 5.91 Å². The van der Waals surface area contributed by atoms with Crippen LogP contribution in [0.3, 0.4) is 0 Å². The summed E-state index contributed by atoms with van der Waals surface area (Å²) < 4.78 is 0.929. The van der Waals surface area contributed by atoms with Crippen LogP contribution in [0.25, 0.3) is 0 Å². The maximum atomic E-state index is 14.5. The van der Waals surface area contributed by atoms with E-state index in [0.29, 0.717) is 35.9 Å². The first-order chi connectivity index (χ1) is 15.7. The third kappa shape index (κ3) is 4.73. The number of nitrogens with zero attached hydrogens (tertiary/aromatic N) is 1. The topological polar surface area (TPSA) is 72.2 Å². The molecule has 4 rings (SSSR count). The summed E-state index contributed by atoms with van der Waals surface area (Å²) in [6.45, 7) is 1.57. The molecular weight excluding hydrogens is 525 g/mol. The Hall–Kier alpha value is -1.44. The first kappa shape index (κ1) is 24.7. The molecule has 0 spiro atoms. The number of nitrogens with one attached hydrogen (secondary N) is 1. The summed E-state index contributed by atoms with van der Waals surface area (Å²) >= 11 is 16.2. The second kappa shape index (κ2) is 9.67. The minimum atomic E-state index is -0.721. The van der Waals surface area contributed by atoms with Gasteiger partial charge in [0.15, 0.2) is 6.04 Å². The summed E-state index contributed by atoms with van der Waals surface area (Å²) in [5.41, 5.74) is 7.06. The number of piperidine rings is 1. The number of primary amides is 1. The second-order valence-electron chi connectivity index (χ2n) is 9.41. The van der Waals surface area contributed by atoms with E-state index < -0.39 is 17.4 Å². The number of hydrogen-bond donors (Lipinski definition) is 2. The van der Waals surface area contributed by atoms with Gasteiger partial charge in [-0.05, 0) is 61.2 Å². The lowest BCUT2D eigenvalue weighted by Crippen LogP contribution is -2.71. The van der Waals surface area contributed by atoms with E-state index in [9.17, 15) is 9.59 Å². The number of likely N-dealkylation sites (N-methyl/N-ethyl adjacent to an activating group) is 1. The van der Waals surface area contributed by atoms with Gasteiger partial charge >= 0.3 is 5.91 Å². The number of halogens is 3. The number of hydrogen-bond acceptors (Lipinski definition) is 3. The normalized spacial score (nSPS) is 22.2. The Morgan fingerprint density at radius 3 is 2.45 bits per heavy atom. The summed E-state index contributed by atoms with van der Waals surface area (Å²) in [7, 11) is 1.90. The fourth-order valence-electron chi connectivity index (χ4n) is 5.31. The van der Waals surface area contributed by atoms with Crippen molar-refractivity contribution in [1.29, 1.82) is 0 Å². The molecule has 3 atom stereocenters. The van der Waals surface area contributed by atoms with Crippen LogP contribution in [-0.2, 0) is 21.4 Å². The summed E-state index contributed by atoms with van der Waals surface area (Å²) in [5.74, 6) is -0.446. The third-order valence-corrected chi connectivity index (χ3v) is 8.47. The van der Waals surface area contributed by atoms with E-state index in [0.717, 1.165) is 35.0 Å². The van der Waals surface area contributed by atoms with E-state index in [1.54, 1.807) is 12.1 Å². The first-order valence-corrected chi connectivity index (χ1v) is 12.8. The van der Waals surface area contributed by atoms with E-state index in [1.165, 1.54) is 0 Å². The van der Waals surface area contributed by atoms with Crippen molar-refractivity contribution < 1.29 is 14.1 Å². The largest absolute Gasteiger partial charge is 0.364 e. The summed E-state index contributed by atoms with van der Waals surface area (Å²) in [6, 6.07) is 12.4. The molecule has 176 valence electrons. The van der Waals surface area contributed by atoms with Gasteiger partial charge in [0.05, 0.1) is 7.05 Å². The fraction of sp³-hybridized carbons (Fsp3) is 0.440. The molecule has 2 aliphatic rings. The van der Waals surface area contributed by atoms with E-state index in [2.05, 4.69) is 21.2 Å². The number of carbonyl (C=O) groups excluding carboxylic acids is 2. The Balaban J connectivity index is 1.78. The number of amides is 2. The third-order valence-electron chi connectivity index (χ3n) is 7.39. The van der Waals surface area contributed by atoms with Crippen molar-refractivity contribution in [3.8, 4) is 0 Å². The molecule has 8 heteroatoms. The highest BCUT2D eigenvalue weighted by molar-refractivity contribution is 9.10. The van der Waals surface area contributed by atoms with Gasteiger partial charge < -0.3 is 11.1 Å². The minimum Gasteiger partial charge on any atom is -0.364 e. The summed E-state index contributed by atoms with van der Waals surface area (Å²) in [4.78, 5) is 27.5. The number of rotatable bonds is 7. The minimum absolute atomic E-state index is 0.0151. The Morgan fingerprint density at radius 1 is 1.21 bits per heavy atom. The molecule has 2 amide bonds.